The second-order valence-electron chi connectivity index (χ2n) is 5.12. The van der Waals surface area contributed by atoms with E-state index in [1.165, 1.54) is 0 Å². The highest BCUT2D eigenvalue weighted by Gasteiger charge is 2.26. The maximum atomic E-state index is 12.3. The molecule has 1 rings (SSSR count). The molecule has 2 amide bonds. The van der Waals surface area contributed by atoms with Crippen molar-refractivity contribution in [1.82, 2.24) is 10.6 Å². The van der Waals surface area contributed by atoms with E-state index in [1.54, 1.807) is 13.1 Å². The molecule has 0 aliphatic rings. The Balaban J connectivity index is 2.87. The average molecular weight is 277 g/mol. The molecule has 0 saturated heterocycles. The van der Waals surface area contributed by atoms with Crippen molar-refractivity contribution in [1.29, 1.82) is 0 Å². The van der Waals surface area contributed by atoms with Crippen molar-refractivity contribution in [2.24, 2.45) is 0 Å². The Bertz CT molecular complexity index is 484. The number of nitrogens with one attached hydrogen (secondary N) is 3. The Hall–Kier alpha value is -1.88. The van der Waals surface area contributed by atoms with Gasteiger partial charge in [0.25, 0.3) is 0 Å². The molecule has 1 aromatic rings. The summed E-state index contributed by atoms with van der Waals surface area (Å²) >= 11 is 0. The molecule has 0 bridgehead atoms. The highest BCUT2D eigenvalue weighted by molar-refractivity contribution is 5.98. The summed E-state index contributed by atoms with van der Waals surface area (Å²) in [6.07, 6.45) is 0.245. The number of hydrogen-bond donors (Lipinski definition) is 3. The van der Waals surface area contributed by atoms with Gasteiger partial charge in [-0.2, -0.15) is 0 Å². The van der Waals surface area contributed by atoms with Crippen LogP contribution in [0.1, 0.15) is 26.3 Å². The van der Waals surface area contributed by atoms with E-state index in [2.05, 4.69) is 16.0 Å². The van der Waals surface area contributed by atoms with Crippen LogP contribution in [0.3, 0.4) is 0 Å². The molecular formula is C15H23N3O2. The molecule has 0 saturated carbocycles. The molecule has 5 nitrogen and oxygen atoms in total. The Morgan fingerprint density at radius 1 is 1.20 bits per heavy atom. The second-order valence-corrected chi connectivity index (χ2v) is 5.12. The largest absolute Gasteiger partial charge is 0.359 e. The average Bonchev–Trinajstić information content (AvgIpc) is 2.40. The first-order chi connectivity index (χ1) is 9.40. The number of hydrogen-bond acceptors (Lipinski definition) is 3. The highest BCUT2D eigenvalue weighted by atomic mass is 16.2. The van der Waals surface area contributed by atoms with Gasteiger partial charge in [0.2, 0.25) is 11.8 Å². The summed E-state index contributed by atoms with van der Waals surface area (Å²) in [5, 5.41) is 8.59. The van der Waals surface area contributed by atoms with Crippen LogP contribution >= 0.6 is 0 Å². The van der Waals surface area contributed by atoms with Crippen LogP contribution in [0.2, 0.25) is 0 Å². The highest BCUT2D eigenvalue weighted by Crippen LogP contribution is 2.17. The van der Waals surface area contributed by atoms with E-state index in [0.717, 1.165) is 5.56 Å². The molecule has 0 unspecified atom stereocenters. The minimum Gasteiger partial charge on any atom is -0.359 e. The van der Waals surface area contributed by atoms with Crippen LogP contribution in [-0.2, 0) is 16.0 Å². The molecule has 0 aromatic heterocycles. The predicted octanol–water partition coefficient (Wildman–Crippen LogP) is 1.30. The Kier molecular flexibility index (Phi) is 5.70. The molecule has 0 heterocycles. The van der Waals surface area contributed by atoms with Gasteiger partial charge in [-0.3, -0.25) is 9.59 Å². The predicted molar refractivity (Wildman–Crippen MR) is 80.6 cm³/mol. The SMILES string of the molecule is CCNC(C)(C)C(=O)Nc1ccccc1CC(=O)NC. The fourth-order valence-electron chi connectivity index (χ4n) is 1.86. The van der Waals surface area contributed by atoms with Crippen LogP contribution in [0.4, 0.5) is 5.69 Å². The van der Waals surface area contributed by atoms with Crippen LogP contribution in [0.5, 0.6) is 0 Å². The monoisotopic (exact) mass is 277 g/mol. The van der Waals surface area contributed by atoms with Gasteiger partial charge >= 0.3 is 0 Å². The Morgan fingerprint density at radius 2 is 1.85 bits per heavy atom. The molecule has 0 atom stereocenters. The lowest BCUT2D eigenvalue weighted by atomic mass is 10.0. The van der Waals surface area contributed by atoms with Gasteiger partial charge in [-0.1, -0.05) is 25.1 Å². The normalized spacial score (nSPS) is 11.0. The number of benzene rings is 1. The van der Waals surface area contributed by atoms with Crippen molar-refractivity contribution in [3.05, 3.63) is 29.8 Å². The molecule has 0 radical (unpaired) electrons. The van der Waals surface area contributed by atoms with Crippen molar-refractivity contribution >= 4 is 17.5 Å². The van der Waals surface area contributed by atoms with Crippen LogP contribution in [0.25, 0.3) is 0 Å². The molecule has 3 N–H and O–H groups in total. The van der Waals surface area contributed by atoms with Crippen molar-refractivity contribution in [2.75, 3.05) is 18.9 Å². The minimum absolute atomic E-state index is 0.0855. The van der Waals surface area contributed by atoms with Crippen LogP contribution < -0.4 is 16.0 Å². The fourth-order valence-corrected chi connectivity index (χ4v) is 1.86. The van der Waals surface area contributed by atoms with E-state index >= 15 is 0 Å². The number of para-hydroxylation sites is 1. The number of carbonyl (C=O) groups excluding carboxylic acids is 2. The van der Waals surface area contributed by atoms with Crippen LogP contribution in [-0.4, -0.2) is 30.9 Å². The maximum absolute atomic E-state index is 12.3. The third kappa shape index (κ3) is 4.35. The smallest absolute Gasteiger partial charge is 0.244 e. The van der Waals surface area contributed by atoms with Crippen LogP contribution in [0.15, 0.2) is 24.3 Å². The fraction of sp³-hybridized carbons (Fsp3) is 0.467. The molecule has 20 heavy (non-hydrogen) atoms. The number of rotatable bonds is 6. The van der Waals surface area contributed by atoms with Crippen molar-refractivity contribution in [2.45, 2.75) is 32.7 Å². The Labute approximate surface area is 120 Å². The van der Waals surface area contributed by atoms with E-state index < -0.39 is 5.54 Å². The molecular weight excluding hydrogens is 254 g/mol. The zero-order valence-corrected chi connectivity index (χ0v) is 12.5. The summed E-state index contributed by atoms with van der Waals surface area (Å²) in [6.45, 7) is 6.31. The lowest BCUT2D eigenvalue weighted by molar-refractivity contribution is -0.121. The van der Waals surface area contributed by atoms with Crippen molar-refractivity contribution in [3.63, 3.8) is 0 Å². The topological polar surface area (TPSA) is 70.2 Å². The van der Waals surface area contributed by atoms with Gasteiger partial charge in [-0.05, 0) is 32.0 Å². The summed E-state index contributed by atoms with van der Waals surface area (Å²) in [4.78, 5) is 23.7. The second kappa shape index (κ2) is 7.05. The van der Waals surface area contributed by atoms with Gasteiger partial charge in [0.1, 0.15) is 0 Å². The quantitative estimate of drug-likeness (QED) is 0.734. The molecule has 0 fully saturated rings. The first-order valence-corrected chi connectivity index (χ1v) is 6.75. The lowest BCUT2D eigenvalue weighted by Gasteiger charge is -2.25. The first-order valence-electron chi connectivity index (χ1n) is 6.75. The number of amides is 2. The molecule has 1 aromatic carbocycles. The molecule has 0 aliphatic heterocycles. The summed E-state index contributed by atoms with van der Waals surface area (Å²) in [7, 11) is 1.60. The van der Waals surface area contributed by atoms with Gasteiger partial charge in [0.05, 0.1) is 12.0 Å². The van der Waals surface area contributed by atoms with E-state index in [1.807, 2.05) is 39.0 Å². The van der Waals surface area contributed by atoms with Gasteiger partial charge in [-0.25, -0.2) is 0 Å². The maximum Gasteiger partial charge on any atom is 0.244 e. The van der Waals surface area contributed by atoms with Crippen molar-refractivity contribution in [3.8, 4) is 0 Å². The minimum atomic E-state index is -0.658. The number of carbonyl (C=O) groups is 2. The third-order valence-corrected chi connectivity index (χ3v) is 3.08. The summed E-state index contributed by atoms with van der Waals surface area (Å²) < 4.78 is 0. The van der Waals surface area contributed by atoms with Gasteiger partial charge in [0, 0.05) is 12.7 Å². The van der Waals surface area contributed by atoms with Gasteiger partial charge in [-0.15, -0.1) is 0 Å². The zero-order chi connectivity index (χ0) is 15.2. The van der Waals surface area contributed by atoms with E-state index in [0.29, 0.717) is 12.2 Å². The van der Waals surface area contributed by atoms with E-state index in [9.17, 15) is 9.59 Å². The molecule has 110 valence electrons. The summed E-state index contributed by atoms with van der Waals surface area (Å²) in [6, 6.07) is 7.33. The van der Waals surface area contributed by atoms with E-state index in [4.69, 9.17) is 0 Å². The molecule has 5 heteroatoms. The number of anilines is 1. The van der Waals surface area contributed by atoms with Crippen molar-refractivity contribution < 1.29 is 9.59 Å². The number of likely N-dealkylation sites (N-methyl/N-ethyl adjacent to an activating group) is 2. The van der Waals surface area contributed by atoms with Gasteiger partial charge < -0.3 is 16.0 Å². The molecule has 0 aliphatic carbocycles. The van der Waals surface area contributed by atoms with Gasteiger partial charge in [0.15, 0.2) is 0 Å². The van der Waals surface area contributed by atoms with E-state index in [-0.39, 0.29) is 18.2 Å². The standard InChI is InChI=1S/C15H23N3O2/c1-5-17-15(2,3)14(20)18-12-9-7-6-8-11(12)10-13(19)16-4/h6-9,17H,5,10H2,1-4H3,(H,16,19)(H,18,20). The van der Waals surface area contributed by atoms with Crippen LogP contribution in [0, 0.1) is 0 Å². The lowest BCUT2D eigenvalue weighted by Crippen LogP contribution is -2.49. The summed E-state index contributed by atoms with van der Waals surface area (Å²) in [5.74, 6) is -0.207. The third-order valence-electron chi connectivity index (χ3n) is 3.08. The summed E-state index contributed by atoms with van der Waals surface area (Å²) in [5.41, 5.74) is 0.814. The molecule has 0 spiro atoms. The first kappa shape index (κ1) is 16.2. The Morgan fingerprint density at radius 3 is 2.45 bits per heavy atom. The zero-order valence-electron chi connectivity index (χ0n) is 12.5.